The second-order valence-electron chi connectivity index (χ2n) is 3.85. The summed E-state index contributed by atoms with van der Waals surface area (Å²) in [7, 11) is 0. The third-order valence-corrected chi connectivity index (χ3v) is 4.38. The highest BCUT2D eigenvalue weighted by atomic mass is 127. The molecular formula is C12H14INOS. The molecule has 0 aliphatic carbocycles. The fraction of sp³-hybridized carbons (Fsp3) is 0.417. The molecule has 4 heteroatoms. The molecule has 16 heavy (non-hydrogen) atoms. The molecule has 1 atom stereocenters. The molecule has 1 fully saturated rings. The van der Waals surface area contributed by atoms with Gasteiger partial charge in [-0.15, -0.1) is 0 Å². The molecule has 0 aromatic heterocycles. The number of hydrogen-bond acceptors (Lipinski definition) is 3. The van der Waals surface area contributed by atoms with E-state index in [0.717, 1.165) is 23.6 Å². The van der Waals surface area contributed by atoms with Gasteiger partial charge < -0.3 is 5.32 Å². The first kappa shape index (κ1) is 12.4. The van der Waals surface area contributed by atoms with Crippen LogP contribution in [0.4, 0.5) is 0 Å². The number of benzene rings is 1. The van der Waals surface area contributed by atoms with Gasteiger partial charge in [-0.3, -0.25) is 4.79 Å². The predicted molar refractivity (Wildman–Crippen MR) is 77.0 cm³/mol. The molecule has 1 saturated heterocycles. The molecule has 2 rings (SSSR count). The third kappa shape index (κ3) is 3.46. The summed E-state index contributed by atoms with van der Waals surface area (Å²) in [6, 6.07) is 8.22. The lowest BCUT2D eigenvalue weighted by Crippen LogP contribution is -2.44. The van der Waals surface area contributed by atoms with E-state index in [1.54, 1.807) is 0 Å². The van der Waals surface area contributed by atoms with Crippen molar-refractivity contribution in [2.45, 2.75) is 12.5 Å². The lowest BCUT2D eigenvalue weighted by Gasteiger charge is -2.21. The minimum Gasteiger partial charge on any atom is -0.306 e. The molecule has 0 spiro atoms. The van der Waals surface area contributed by atoms with Crippen molar-refractivity contribution in [3.05, 3.63) is 33.4 Å². The zero-order valence-corrected chi connectivity index (χ0v) is 11.9. The molecule has 1 aliphatic heterocycles. The largest absolute Gasteiger partial charge is 0.306 e. The Kier molecular flexibility index (Phi) is 4.66. The first-order valence-electron chi connectivity index (χ1n) is 5.34. The van der Waals surface area contributed by atoms with E-state index >= 15 is 0 Å². The van der Waals surface area contributed by atoms with Gasteiger partial charge in [0.15, 0.2) is 5.78 Å². The van der Waals surface area contributed by atoms with E-state index in [4.69, 9.17) is 0 Å². The Bertz CT molecular complexity index is 360. The van der Waals surface area contributed by atoms with Crippen LogP contribution in [0.15, 0.2) is 24.3 Å². The highest BCUT2D eigenvalue weighted by Gasteiger charge is 2.20. The Labute approximate surface area is 114 Å². The van der Waals surface area contributed by atoms with E-state index in [1.165, 1.54) is 3.57 Å². The number of ketones is 1. The summed E-state index contributed by atoms with van der Waals surface area (Å²) in [6.45, 7) is 0.952. The van der Waals surface area contributed by atoms with Gasteiger partial charge >= 0.3 is 0 Å². The number of nitrogens with one attached hydrogen (secondary N) is 1. The molecule has 1 aromatic rings. The Hall–Kier alpha value is -0.0700. The van der Waals surface area contributed by atoms with Crippen LogP contribution in [0.25, 0.3) is 0 Å². The number of Topliss-reactive ketones (excluding diaryl/α,β-unsaturated/α-hetero) is 1. The van der Waals surface area contributed by atoms with Crippen molar-refractivity contribution < 1.29 is 4.79 Å². The average Bonchev–Trinajstić information content (AvgIpc) is 2.33. The molecule has 1 aromatic carbocycles. The van der Waals surface area contributed by atoms with Crippen molar-refractivity contribution in [3.8, 4) is 0 Å². The Morgan fingerprint density at radius 1 is 1.44 bits per heavy atom. The first-order valence-corrected chi connectivity index (χ1v) is 7.57. The van der Waals surface area contributed by atoms with Crippen molar-refractivity contribution in [1.82, 2.24) is 5.32 Å². The minimum atomic E-state index is 0.0537. The normalized spacial score (nSPS) is 20.7. The van der Waals surface area contributed by atoms with Crippen molar-refractivity contribution in [2.24, 2.45) is 0 Å². The third-order valence-electron chi connectivity index (χ3n) is 2.60. The Morgan fingerprint density at radius 3 is 2.81 bits per heavy atom. The highest BCUT2D eigenvalue weighted by molar-refractivity contribution is 14.1. The number of rotatable bonds is 3. The first-order chi connectivity index (χ1) is 7.75. The molecule has 0 amide bonds. The van der Waals surface area contributed by atoms with Crippen LogP contribution in [0, 0.1) is 3.57 Å². The van der Waals surface area contributed by atoms with E-state index in [0.29, 0.717) is 12.2 Å². The van der Waals surface area contributed by atoms with Gasteiger partial charge in [-0.05, 0) is 40.3 Å². The van der Waals surface area contributed by atoms with Crippen LogP contribution in [0.2, 0.25) is 0 Å². The summed E-state index contributed by atoms with van der Waals surface area (Å²) in [5.41, 5.74) is 1.11. The summed E-state index contributed by atoms with van der Waals surface area (Å²) in [4.78, 5) is 12.0. The van der Waals surface area contributed by atoms with Gasteiger partial charge in [0.05, 0.1) is 6.04 Å². The van der Waals surface area contributed by atoms with E-state index < -0.39 is 0 Å². The highest BCUT2D eigenvalue weighted by Crippen LogP contribution is 2.12. The molecule has 0 bridgehead atoms. The number of hydrogen-bond donors (Lipinski definition) is 1. The van der Waals surface area contributed by atoms with Crippen LogP contribution in [0.5, 0.6) is 0 Å². The Balaban J connectivity index is 1.93. The van der Waals surface area contributed by atoms with Gasteiger partial charge in [-0.2, -0.15) is 11.8 Å². The number of carbonyl (C=O) groups excluding carboxylic acids is 1. The fourth-order valence-corrected chi connectivity index (χ4v) is 3.03. The van der Waals surface area contributed by atoms with E-state index in [-0.39, 0.29) is 6.04 Å². The molecule has 1 heterocycles. The maximum Gasteiger partial charge on any atom is 0.154 e. The summed E-state index contributed by atoms with van der Waals surface area (Å²) in [5, 5.41) is 3.28. The van der Waals surface area contributed by atoms with Crippen LogP contribution in [-0.4, -0.2) is 29.9 Å². The fourth-order valence-electron chi connectivity index (χ4n) is 1.70. The maximum atomic E-state index is 12.0. The zero-order valence-electron chi connectivity index (χ0n) is 8.91. The van der Waals surface area contributed by atoms with Gasteiger partial charge in [0.2, 0.25) is 0 Å². The van der Waals surface area contributed by atoms with Crippen molar-refractivity contribution in [2.75, 3.05) is 18.1 Å². The summed E-state index contributed by atoms with van der Waals surface area (Å²) < 4.78 is 1.21. The summed E-state index contributed by atoms with van der Waals surface area (Å²) >= 11 is 4.13. The number of carbonyl (C=O) groups is 1. The molecule has 1 unspecified atom stereocenters. The summed E-state index contributed by atoms with van der Waals surface area (Å²) in [6.07, 6.45) is 0.551. The van der Waals surface area contributed by atoms with Crippen LogP contribution in [0.1, 0.15) is 5.56 Å². The molecule has 1 N–H and O–H groups in total. The minimum absolute atomic E-state index is 0.0537. The standard InChI is InChI=1S/C12H14INOS/c13-10-3-1-9(2-4-10)7-12(15)11-8-16-6-5-14-11/h1-4,11,14H,5-8H2. The number of thioether (sulfide) groups is 1. The maximum absolute atomic E-state index is 12.0. The van der Waals surface area contributed by atoms with E-state index in [1.807, 2.05) is 36.0 Å². The van der Waals surface area contributed by atoms with Crippen LogP contribution >= 0.6 is 34.4 Å². The van der Waals surface area contributed by atoms with Crippen LogP contribution in [-0.2, 0) is 11.2 Å². The SMILES string of the molecule is O=C(Cc1ccc(I)cc1)C1CSCCN1. The number of halogens is 1. The van der Waals surface area contributed by atoms with Crippen molar-refractivity contribution in [1.29, 1.82) is 0 Å². The van der Waals surface area contributed by atoms with Crippen LogP contribution in [0.3, 0.4) is 0 Å². The van der Waals surface area contributed by atoms with Crippen LogP contribution < -0.4 is 5.32 Å². The van der Waals surface area contributed by atoms with Gasteiger partial charge in [0.1, 0.15) is 0 Å². The monoisotopic (exact) mass is 347 g/mol. The molecule has 1 aliphatic rings. The van der Waals surface area contributed by atoms with E-state index in [2.05, 4.69) is 27.9 Å². The molecule has 86 valence electrons. The van der Waals surface area contributed by atoms with Crippen molar-refractivity contribution in [3.63, 3.8) is 0 Å². The molecule has 0 radical (unpaired) electrons. The topological polar surface area (TPSA) is 29.1 Å². The lowest BCUT2D eigenvalue weighted by molar-refractivity contribution is -0.119. The molecule has 2 nitrogen and oxygen atoms in total. The lowest BCUT2D eigenvalue weighted by atomic mass is 10.0. The molecule has 0 saturated carbocycles. The second-order valence-corrected chi connectivity index (χ2v) is 6.25. The average molecular weight is 347 g/mol. The second kappa shape index (κ2) is 6.02. The predicted octanol–water partition coefficient (Wildman–Crippen LogP) is 2.11. The van der Waals surface area contributed by atoms with Crippen molar-refractivity contribution >= 4 is 40.1 Å². The van der Waals surface area contributed by atoms with Gasteiger partial charge in [0, 0.05) is 28.0 Å². The Morgan fingerprint density at radius 2 is 2.19 bits per heavy atom. The smallest absolute Gasteiger partial charge is 0.154 e. The quantitative estimate of drug-likeness (QED) is 0.850. The van der Waals surface area contributed by atoms with Gasteiger partial charge in [0.25, 0.3) is 0 Å². The molecular weight excluding hydrogens is 333 g/mol. The van der Waals surface area contributed by atoms with Gasteiger partial charge in [-0.25, -0.2) is 0 Å². The van der Waals surface area contributed by atoms with Gasteiger partial charge in [-0.1, -0.05) is 12.1 Å². The van der Waals surface area contributed by atoms with E-state index in [9.17, 15) is 4.79 Å². The summed E-state index contributed by atoms with van der Waals surface area (Å²) in [5.74, 6) is 2.35. The zero-order chi connectivity index (χ0) is 11.4.